The van der Waals surface area contributed by atoms with Gasteiger partial charge in [0, 0.05) is 0 Å². The summed E-state index contributed by atoms with van der Waals surface area (Å²) in [5, 5.41) is 9.41. The van der Waals surface area contributed by atoms with E-state index in [1.165, 1.54) is 0 Å². The summed E-state index contributed by atoms with van der Waals surface area (Å²) in [5.41, 5.74) is 0.891. The van der Waals surface area contributed by atoms with Crippen LogP contribution in [0.15, 0.2) is 24.3 Å². The van der Waals surface area contributed by atoms with Crippen LogP contribution in [0.2, 0.25) is 0 Å². The van der Waals surface area contributed by atoms with Crippen molar-refractivity contribution in [2.24, 2.45) is 5.41 Å². The smallest absolute Gasteiger partial charge is 0.314 e. The number of aliphatic carboxylic acids is 1. The molecule has 4 heteroatoms. The Kier molecular flexibility index (Phi) is 2.02. The number of carbonyl (C=O) groups excluding carboxylic acids is 1. The minimum absolute atomic E-state index is 0.0126. The van der Waals surface area contributed by atoms with Crippen molar-refractivity contribution in [1.29, 1.82) is 0 Å². The molecule has 4 nitrogen and oxygen atoms in total. The van der Waals surface area contributed by atoms with E-state index in [4.69, 9.17) is 4.74 Å². The molecule has 2 unspecified atom stereocenters. The van der Waals surface area contributed by atoms with Gasteiger partial charge < -0.3 is 9.84 Å². The Bertz CT molecular complexity index is 508. The normalized spacial score (nSPS) is 30.4. The molecule has 1 aliphatic carbocycles. The van der Waals surface area contributed by atoms with E-state index in [2.05, 4.69) is 0 Å². The van der Waals surface area contributed by atoms with Gasteiger partial charge in [-0.25, -0.2) is 0 Å². The Morgan fingerprint density at radius 1 is 1.41 bits per heavy atom. The first kappa shape index (κ1) is 10.3. The number of fused-ring (bicyclic) bond motifs is 3. The van der Waals surface area contributed by atoms with Crippen LogP contribution < -0.4 is 0 Å². The molecule has 3 rings (SSSR count). The Labute approximate surface area is 98.2 Å². The molecular formula is C13H12O4. The topological polar surface area (TPSA) is 63.6 Å². The van der Waals surface area contributed by atoms with Crippen LogP contribution in [0.4, 0.5) is 0 Å². The number of esters is 1. The maximum Gasteiger partial charge on any atom is 0.314 e. The minimum Gasteiger partial charge on any atom is -0.481 e. The second kappa shape index (κ2) is 3.32. The SMILES string of the molecule is O=C1CC2(C(=O)O)CCc3ccccc3C2O1. The second-order valence-corrected chi connectivity index (χ2v) is 4.71. The van der Waals surface area contributed by atoms with Gasteiger partial charge in [-0.05, 0) is 24.0 Å². The molecule has 1 N–H and O–H groups in total. The highest BCUT2D eigenvalue weighted by Crippen LogP contribution is 2.53. The van der Waals surface area contributed by atoms with Gasteiger partial charge in [0.15, 0.2) is 0 Å². The zero-order valence-corrected chi connectivity index (χ0v) is 9.18. The molecule has 0 spiro atoms. The molecule has 1 aliphatic heterocycles. The lowest BCUT2D eigenvalue weighted by atomic mass is 9.69. The van der Waals surface area contributed by atoms with Crippen LogP contribution in [-0.4, -0.2) is 17.0 Å². The fourth-order valence-corrected chi connectivity index (χ4v) is 2.89. The van der Waals surface area contributed by atoms with Crippen molar-refractivity contribution in [3.63, 3.8) is 0 Å². The first-order valence-electron chi connectivity index (χ1n) is 5.64. The summed E-state index contributed by atoms with van der Waals surface area (Å²) in [7, 11) is 0. The van der Waals surface area contributed by atoms with E-state index in [0.717, 1.165) is 11.1 Å². The Morgan fingerprint density at radius 3 is 2.94 bits per heavy atom. The van der Waals surface area contributed by atoms with E-state index >= 15 is 0 Å². The fourth-order valence-electron chi connectivity index (χ4n) is 2.89. The standard InChI is InChI=1S/C13H12O4/c14-10-7-13(12(15)16)6-5-8-3-1-2-4-9(8)11(13)17-10/h1-4,11H,5-7H2,(H,15,16). The van der Waals surface area contributed by atoms with Crippen molar-refractivity contribution >= 4 is 11.9 Å². The van der Waals surface area contributed by atoms with E-state index in [1.54, 1.807) is 0 Å². The zero-order valence-electron chi connectivity index (χ0n) is 9.18. The van der Waals surface area contributed by atoms with E-state index in [0.29, 0.717) is 12.8 Å². The summed E-state index contributed by atoms with van der Waals surface area (Å²) in [6.07, 6.45) is 0.532. The number of ether oxygens (including phenoxy) is 1. The molecule has 1 heterocycles. The number of rotatable bonds is 1. The van der Waals surface area contributed by atoms with Gasteiger partial charge in [-0.2, -0.15) is 0 Å². The van der Waals surface area contributed by atoms with Crippen molar-refractivity contribution in [3.05, 3.63) is 35.4 Å². The molecule has 2 atom stereocenters. The Balaban J connectivity index is 2.14. The summed E-state index contributed by atoms with van der Waals surface area (Å²) in [6.45, 7) is 0. The summed E-state index contributed by atoms with van der Waals surface area (Å²) < 4.78 is 5.24. The van der Waals surface area contributed by atoms with Crippen LogP contribution in [0.3, 0.4) is 0 Å². The lowest BCUT2D eigenvalue weighted by Gasteiger charge is -2.34. The molecule has 0 amide bonds. The zero-order chi connectivity index (χ0) is 12.0. The molecule has 1 fully saturated rings. The average Bonchev–Trinajstić information content (AvgIpc) is 2.67. The van der Waals surface area contributed by atoms with Crippen molar-refractivity contribution in [3.8, 4) is 0 Å². The van der Waals surface area contributed by atoms with Crippen LogP contribution in [0.5, 0.6) is 0 Å². The number of aryl methyl sites for hydroxylation is 1. The Hall–Kier alpha value is -1.84. The minimum atomic E-state index is -1.05. The number of benzene rings is 1. The number of carboxylic acid groups (broad SMARTS) is 1. The van der Waals surface area contributed by atoms with Gasteiger partial charge in [0.25, 0.3) is 0 Å². The van der Waals surface area contributed by atoms with Crippen molar-refractivity contribution in [2.45, 2.75) is 25.4 Å². The quantitative estimate of drug-likeness (QED) is 0.748. The van der Waals surface area contributed by atoms with E-state index < -0.39 is 23.5 Å². The number of hydrogen-bond acceptors (Lipinski definition) is 3. The molecule has 0 bridgehead atoms. The molecule has 17 heavy (non-hydrogen) atoms. The van der Waals surface area contributed by atoms with Gasteiger partial charge in [-0.15, -0.1) is 0 Å². The molecule has 1 saturated heterocycles. The van der Waals surface area contributed by atoms with Gasteiger partial charge in [0.1, 0.15) is 11.5 Å². The maximum absolute atomic E-state index is 11.5. The van der Waals surface area contributed by atoms with Crippen LogP contribution in [0.1, 0.15) is 30.1 Å². The first-order chi connectivity index (χ1) is 8.13. The molecule has 1 aromatic carbocycles. The molecule has 0 radical (unpaired) electrons. The van der Waals surface area contributed by atoms with Crippen molar-refractivity contribution in [1.82, 2.24) is 0 Å². The van der Waals surface area contributed by atoms with Crippen molar-refractivity contribution < 1.29 is 19.4 Å². The number of hydrogen-bond donors (Lipinski definition) is 1. The predicted molar refractivity (Wildman–Crippen MR) is 58.3 cm³/mol. The summed E-state index contributed by atoms with van der Waals surface area (Å²) in [4.78, 5) is 22.9. The number of carboxylic acids is 1. The summed E-state index contributed by atoms with van der Waals surface area (Å²) in [5.74, 6) is -1.34. The third kappa shape index (κ3) is 1.30. The van der Waals surface area contributed by atoms with Gasteiger partial charge >= 0.3 is 11.9 Å². The molecule has 88 valence electrons. The third-order valence-corrected chi connectivity index (χ3v) is 3.81. The van der Waals surface area contributed by atoms with Gasteiger partial charge in [0.2, 0.25) is 0 Å². The fraction of sp³-hybridized carbons (Fsp3) is 0.385. The Morgan fingerprint density at radius 2 is 2.18 bits per heavy atom. The second-order valence-electron chi connectivity index (χ2n) is 4.71. The van der Waals surface area contributed by atoms with Gasteiger partial charge in [-0.1, -0.05) is 24.3 Å². The first-order valence-corrected chi connectivity index (χ1v) is 5.64. The van der Waals surface area contributed by atoms with E-state index in [9.17, 15) is 14.7 Å². The predicted octanol–water partition coefficient (Wildman–Crippen LogP) is 1.69. The van der Waals surface area contributed by atoms with E-state index in [-0.39, 0.29) is 6.42 Å². The van der Waals surface area contributed by atoms with Crippen molar-refractivity contribution in [2.75, 3.05) is 0 Å². The van der Waals surface area contributed by atoms with Crippen LogP contribution in [0, 0.1) is 5.41 Å². The monoisotopic (exact) mass is 232 g/mol. The third-order valence-electron chi connectivity index (χ3n) is 3.81. The van der Waals surface area contributed by atoms with E-state index in [1.807, 2.05) is 24.3 Å². The molecule has 0 saturated carbocycles. The van der Waals surface area contributed by atoms with Crippen LogP contribution in [0.25, 0.3) is 0 Å². The van der Waals surface area contributed by atoms with Gasteiger partial charge in [0.05, 0.1) is 6.42 Å². The highest BCUT2D eigenvalue weighted by atomic mass is 16.6. The van der Waals surface area contributed by atoms with Crippen LogP contribution in [-0.2, 0) is 20.7 Å². The lowest BCUT2D eigenvalue weighted by molar-refractivity contribution is -0.154. The summed E-state index contributed by atoms with van der Waals surface area (Å²) in [6, 6.07) is 7.59. The van der Waals surface area contributed by atoms with Crippen LogP contribution >= 0.6 is 0 Å². The summed E-state index contributed by atoms with van der Waals surface area (Å²) >= 11 is 0. The molecule has 1 aromatic rings. The number of carbonyl (C=O) groups is 2. The lowest BCUT2D eigenvalue weighted by Crippen LogP contribution is -2.37. The largest absolute Gasteiger partial charge is 0.481 e. The molecular weight excluding hydrogens is 220 g/mol. The maximum atomic E-state index is 11.5. The van der Waals surface area contributed by atoms with Gasteiger partial charge in [-0.3, -0.25) is 9.59 Å². The molecule has 2 aliphatic rings. The highest BCUT2D eigenvalue weighted by Gasteiger charge is 2.57. The highest BCUT2D eigenvalue weighted by molar-refractivity contribution is 5.87. The molecule has 0 aromatic heterocycles. The average molecular weight is 232 g/mol.